The maximum absolute atomic E-state index is 3.44. The lowest BCUT2D eigenvalue weighted by molar-refractivity contribution is 0.298. The normalized spacial score (nSPS) is 19.6. The summed E-state index contributed by atoms with van der Waals surface area (Å²) < 4.78 is 0. The first-order chi connectivity index (χ1) is 8.78. The first-order valence-corrected chi connectivity index (χ1v) is 8.02. The van der Waals surface area contributed by atoms with Crippen LogP contribution in [-0.4, -0.2) is 37.8 Å². The van der Waals surface area contributed by atoms with Crippen LogP contribution in [0.15, 0.2) is 29.2 Å². The molecule has 0 bridgehead atoms. The van der Waals surface area contributed by atoms with Crippen molar-refractivity contribution in [1.29, 1.82) is 0 Å². The maximum atomic E-state index is 3.44. The Morgan fingerprint density at radius 2 is 2.11 bits per heavy atom. The van der Waals surface area contributed by atoms with Crippen LogP contribution in [0.4, 0.5) is 0 Å². The SMILES string of the molecule is CSc1ccc(CN(C)CCC2CCNC2)cc1. The number of thioether (sulfide) groups is 1. The minimum absolute atomic E-state index is 0.895. The topological polar surface area (TPSA) is 15.3 Å². The second kappa shape index (κ2) is 7.17. The zero-order chi connectivity index (χ0) is 12.8. The number of hydrogen-bond acceptors (Lipinski definition) is 3. The molecule has 0 aromatic heterocycles. The van der Waals surface area contributed by atoms with Crippen molar-refractivity contribution in [3.8, 4) is 0 Å². The van der Waals surface area contributed by atoms with Gasteiger partial charge < -0.3 is 10.2 Å². The number of nitrogens with zero attached hydrogens (tertiary/aromatic N) is 1. The van der Waals surface area contributed by atoms with Crippen molar-refractivity contribution >= 4 is 11.8 Å². The van der Waals surface area contributed by atoms with E-state index in [9.17, 15) is 0 Å². The minimum atomic E-state index is 0.895. The molecular formula is C15H24N2S. The van der Waals surface area contributed by atoms with Crippen LogP contribution >= 0.6 is 11.8 Å². The molecule has 1 heterocycles. The van der Waals surface area contributed by atoms with E-state index in [4.69, 9.17) is 0 Å². The average molecular weight is 264 g/mol. The molecule has 1 unspecified atom stereocenters. The van der Waals surface area contributed by atoms with Gasteiger partial charge in [-0.25, -0.2) is 0 Å². The summed E-state index contributed by atoms with van der Waals surface area (Å²) in [6.45, 7) is 4.70. The molecule has 1 N–H and O–H groups in total. The van der Waals surface area contributed by atoms with Crippen molar-refractivity contribution in [1.82, 2.24) is 10.2 Å². The molecule has 0 spiro atoms. The van der Waals surface area contributed by atoms with E-state index in [1.807, 2.05) is 0 Å². The standard InChI is InChI=1S/C15H24N2S/c1-17(10-8-13-7-9-16-11-13)12-14-3-5-15(18-2)6-4-14/h3-6,13,16H,7-12H2,1-2H3. The van der Waals surface area contributed by atoms with Crippen molar-refractivity contribution in [2.45, 2.75) is 24.3 Å². The van der Waals surface area contributed by atoms with Gasteiger partial charge in [0.25, 0.3) is 0 Å². The molecule has 3 heteroatoms. The van der Waals surface area contributed by atoms with Crippen molar-refractivity contribution in [3.63, 3.8) is 0 Å². The molecule has 0 aliphatic carbocycles. The maximum Gasteiger partial charge on any atom is 0.0230 e. The summed E-state index contributed by atoms with van der Waals surface area (Å²) in [6, 6.07) is 8.93. The molecule has 100 valence electrons. The summed E-state index contributed by atoms with van der Waals surface area (Å²) in [5.41, 5.74) is 1.42. The highest BCUT2D eigenvalue weighted by atomic mass is 32.2. The van der Waals surface area contributed by atoms with Crippen LogP contribution in [0.2, 0.25) is 0 Å². The fourth-order valence-corrected chi connectivity index (χ4v) is 2.89. The molecule has 18 heavy (non-hydrogen) atoms. The predicted molar refractivity (Wildman–Crippen MR) is 80.2 cm³/mol. The molecule has 2 nitrogen and oxygen atoms in total. The van der Waals surface area contributed by atoms with Crippen LogP contribution < -0.4 is 5.32 Å². The molecule has 1 fully saturated rings. The molecule has 1 atom stereocenters. The third-order valence-corrected chi connectivity index (χ3v) is 4.44. The fraction of sp³-hybridized carbons (Fsp3) is 0.600. The smallest absolute Gasteiger partial charge is 0.0230 e. The largest absolute Gasteiger partial charge is 0.316 e. The van der Waals surface area contributed by atoms with Gasteiger partial charge in [0.2, 0.25) is 0 Å². The Labute approximate surface area is 115 Å². The second-order valence-corrected chi connectivity index (χ2v) is 6.11. The lowest BCUT2D eigenvalue weighted by Crippen LogP contribution is -2.22. The highest BCUT2D eigenvalue weighted by Crippen LogP contribution is 2.16. The van der Waals surface area contributed by atoms with E-state index in [0.29, 0.717) is 0 Å². The van der Waals surface area contributed by atoms with Crippen LogP contribution in [0, 0.1) is 5.92 Å². The van der Waals surface area contributed by atoms with E-state index < -0.39 is 0 Å². The van der Waals surface area contributed by atoms with Gasteiger partial charge in [-0.2, -0.15) is 0 Å². The van der Waals surface area contributed by atoms with Gasteiger partial charge in [0.1, 0.15) is 0 Å². The number of benzene rings is 1. The zero-order valence-electron chi connectivity index (χ0n) is 11.5. The van der Waals surface area contributed by atoms with Gasteiger partial charge >= 0.3 is 0 Å². The Balaban J connectivity index is 1.73. The third kappa shape index (κ3) is 4.30. The Kier molecular flexibility index (Phi) is 5.54. The highest BCUT2D eigenvalue weighted by Gasteiger charge is 2.14. The first kappa shape index (κ1) is 13.9. The first-order valence-electron chi connectivity index (χ1n) is 6.80. The molecule has 0 saturated carbocycles. The quantitative estimate of drug-likeness (QED) is 0.795. The lowest BCUT2D eigenvalue weighted by Gasteiger charge is -2.18. The molecule has 1 saturated heterocycles. The van der Waals surface area contributed by atoms with Crippen LogP contribution in [0.5, 0.6) is 0 Å². The van der Waals surface area contributed by atoms with Gasteiger partial charge in [0.15, 0.2) is 0 Å². The monoisotopic (exact) mass is 264 g/mol. The molecule has 0 amide bonds. The second-order valence-electron chi connectivity index (χ2n) is 5.23. The van der Waals surface area contributed by atoms with Gasteiger partial charge in [-0.3, -0.25) is 0 Å². The number of rotatable bonds is 6. The number of hydrogen-bond donors (Lipinski definition) is 1. The lowest BCUT2D eigenvalue weighted by atomic mass is 10.0. The zero-order valence-corrected chi connectivity index (χ0v) is 12.3. The average Bonchev–Trinajstić information content (AvgIpc) is 2.90. The van der Waals surface area contributed by atoms with Crippen molar-refractivity contribution in [2.24, 2.45) is 5.92 Å². The molecule has 1 aromatic carbocycles. The van der Waals surface area contributed by atoms with Crippen LogP contribution in [0.3, 0.4) is 0 Å². The van der Waals surface area contributed by atoms with Gasteiger partial charge in [0.05, 0.1) is 0 Å². The van der Waals surface area contributed by atoms with Crippen LogP contribution in [0.1, 0.15) is 18.4 Å². The predicted octanol–water partition coefficient (Wildman–Crippen LogP) is 2.84. The third-order valence-electron chi connectivity index (χ3n) is 3.69. The highest BCUT2D eigenvalue weighted by molar-refractivity contribution is 7.98. The Hall–Kier alpha value is -0.510. The van der Waals surface area contributed by atoms with Gasteiger partial charge in [-0.1, -0.05) is 12.1 Å². The van der Waals surface area contributed by atoms with Crippen LogP contribution in [0.25, 0.3) is 0 Å². The van der Waals surface area contributed by atoms with E-state index >= 15 is 0 Å². The van der Waals surface area contributed by atoms with Crippen LogP contribution in [-0.2, 0) is 6.54 Å². The molecule has 1 aliphatic rings. The van der Waals surface area contributed by atoms with E-state index in [0.717, 1.165) is 12.5 Å². The summed E-state index contributed by atoms with van der Waals surface area (Å²) >= 11 is 1.80. The molecule has 1 aromatic rings. The summed E-state index contributed by atoms with van der Waals surface area (Å²) in [4.78, 5) is 3.78. The number of nitrogens with one attached hydrogen (secondary N) is 1. The molecule has 1 aliphatic heterocycles. The minimum Gasteiger partial charge on any atom is -0.316 e. The van der Waals surface area contributed by atoms with Gasteiger partial charge in [-0.05, 0) is 69.4 Å². The van der Waals surface area contributed by atoms with Gasteiger partial charge in [0, 0.05) is 11.4 Å². The Morgan fingerprint density at radius 1 is 1.33 bits per heavy atom. The summed E-state index contributed by atoms with van der Waals surface area (Å²) in [6.07, 6.45) is 4.80. The molecule has 0 radical (unpaired) electrons. The van der Waals surface area contributed by atoms with E-state index in [1.54, 1.807) is 11.8 Å². The van der Waals surface area contributed by atoms with Crippen molar-refractivity contribution in [2.75, 3.05) is 32.9 Å². The van der Waals surface area contributed by atoms with Gasteiger partial charge in [-0.15, -0.1) is 11.8 Å². The van der Waals surface area contributed by atoms with Crippen molar-refractivity contribution < 1.29 is 0 Å². The molecular weight excluding hydrogens is 240 g/mol. The van der Waals surface area contributed by atoms with E-state index in [2.05, 4.69) is 47.8 Å². The molecule has 2 rings (SSSR count). The van der Waals surface area contributed by atoms with E-state index in [-0.39, 0.29) is 0 Å². The summed E-state index contributed by atoms with van der Waals surface area (Å²) in [5, 5.41) is 3.44. The fourth-order valence-electron chi connectivity index (χ4n) is 2.49. The summed E-state index contributed by atoms with van der Waals surface area (Å²) in [5.74, 6) is 0.895. The Morgan fingerprint density at radius 3 is 2.72 bits per heavy atom. The van der Waals surface area contributed by atoms with Crippen molar-refractivity contribution in [3.05, 3.63) is 29.8 Å². The van der Waals surface area contributed by atoms with E-state index in [1.165, 1.54) is 42.9 Å². The summed E-state index contributed by atoms with van der Waals surface area (Å²) in [7, 11) is 2.23. The Bertz CT molecular complexity index is 344.